The molecule has 1 heterocycles. The minimum atomic E-state index is -1.07. The van der Waals surface area contributed by atoms with E-state index in [4.69, 9.17) is 10.5 Å². The highest BCUT2D eigenvalue weighted by Crippen LogP contribution is 2.11. The van der Waals surface area contributed by atoms with E-state index < -0.39 is 14.0 Å². The summed E-state index contributed by atoms with van der Waals surface area (Å²) in [4.78, 5) is 14.8. The molecule has 4 nitrogen and oxygen atoms in total. The first-order valence-electron chi connectivity index (χ1n) is 5.27. The van der Waals surface area contributed by atoms with Crippen molar-refractivity contribution < 1.29 is 9.53 Å². The van der Waals surface area contributed by atoms with Crippen LogP contribution in [0.3, 0.4) is 0 Å². The first-order valence-corrected chi connectivity index (χ1v) is 8.98. The van der Waals surface area contributed by atoms with Crippen LogP contribution in [-0.2, 0) is 0 Å². The Labute approximate surface area is 96.8 Å². The van der Waals surface area contributed by atoms with Crippen molar-refractivity contribution in [3.05, 3.63) is 23.9 Å². The van der Waals surface area contributed by atoms with Crippen molar-refractivity contribution in [2.45, 2.75) is 25.7 Å². The van der Waals surface area contributed by atoms with E-state index in [1.54, 1.807) is 12.1 Å². The SMILES string of the molecule is C[Si](C)(C)CCOc1ccc(C(N)=O)cn1. The van der Waals surface area contributed by atoms with Crippen LogP contribution >= 0.6 is 0 Å². The Morgan fingerprint density at radius 1 is 1.44 bits per heavy atom. The number of pyridine rings is 1. The Bertz CT molecular complexity index is 357. The molecule has 0 saturated heterocycles. The summed E-state index contributed by atoms with van der Waals surface area (Å²) in [6, 6.07) is 4.38. The third kappa shape index (κ3) is 4.44. The van der Waals surface area contributed by atoms with Crippen LogP contribution < -0.4 is 10.5 Å². The number of hydrogen-bond donors (Lipinski definition) is 1. The molecule has 0 spiro atoms. The van der Waals surface area contributed by atoms with E-state index in [2.05, 4.69) is 24.6 Å². The molecule has 0 fully saturated rings. The van der Waals surface area contributed by atoms with Crippen LogP contribution in [0.5, 0.6) is 5.88 Å². The molecule has 0 aliphatic heterocycles. The highest BCUT2D eigenvalue weighted by atomic mass is 28.3. The molecule has 1 aromatic rings. The minimum Gasteiger partial charge on any atom is -0.478 e. The Morgan fingerprint density at radius 2 is 2.12 bits per heavy atom. The van der Waals surface area contributed by atoms with Gasteiger partial charge in [-0.05, 0) is 12.1 Å². The van der Waals surface area contributed by atoms with Gasteiger partial charge in [-0.15, -0.1) is 0 Å². The fourth-order valence-corrected chi connectivity index (χ4v) is 1.79. The largest absolute Gasteiger partial charge is 0.478 e. The first-order chi connectivity index (χ1) is 7.38. The third-order valence-electron chi connectivity index (χ3n) is 2.12. The molecule has 0 radical (unpaired) electrons. The zero-order valence-corrected chi connectivity index (χ0v) is 11.0. The average Bonchev–Trinajstić information content (AvgIpc) is 2.16. The quantitative estimate of drug-likeness (QED) is 0.797. The van der Waals surface area contributed by atoms with E-state index in [0.29, 0.717) is 18.1 Å². The summed E-state index contributed by atoms with van der Waals surface area (Å²) in [5, 5.41) is 0. The lowest BCUT2D eigenvalue weighted by molar-refractivity contribution is 0.1000. The van der Waals surface area contributed by atoms with Crippen molar-refractivity contribution in [3.8, 4) is 5.88 Å². The molecular weight excluding hydrogens is 220 g/mol. The van der Waals surface area contributed by atoms with E-state index in [1.807, 2.05) is 0 Å². The molecule has 1 aromatic heterocycles. The number of amides is 1. The van der Waals surface area contributed by atoms with E-state index in [-0.39, 0.29) is 0 Å². The summed E-state index contributed by atoms with van der Waals surface area (Å²) in [7, 11) is -1.07. The van der Waals surface area contributed by atoms with Gasteiger partial charge in [0.15, 0.2) is 0 Å². The number of primary amides is 1. The Morgan fingerprint density at radius 3 is 2.56 bits per heavy atom. The van der Waals surface area contributed by atoms with Crippen LogP contribution in [0.1, 0.15) is 10.4 Å². The normalized spacial score (nSPS) is 11.2. The van der Waals surface area contributed by atoms with Gasteiger partial charge in [0.25, 0.3) is 0 Å². The van der Waals surface area contributed by atoms with Gasteiger partial charge in [0.05, 0.1) is 12.2 Å². The number of ether oxygens (including phenoxy) is 1. The fourth-order valence-electron chi connectivity index (χ4n) is 1.07. The van der Waals surface area contributed by atoms with E-state index in [0.717, 1.165) is 6.04 Å². The van der Waals surface area contributed by atoms with Gasteiger partial charge < -0.3 is 10.5 Å². The lowest BCUT2D eigenvalue weighted by Crippen LogP contribution is -2.22. The molecule has 1 amide bonds. The zero-order valence-electron chi connectivity index (χ0n) is 9.99. The Hall–Kier alpha value is -1.36. The van der Waals surface area contributed by atoms with E-state index >= 15 is 0 Å². The first kappa shape index (κ1) is 12.7. The maximum absolute atomic E-state index is 10.8. The number of hydrogen-bond acceptors (Lipinski definition) is 3. The zero-order chi connectivity index (χ0) is 12.2. The maximum atomic E-state index is 10.8. The van der Waals surface area contributed by atoms with Crippen molar-refractivity contribution in [3.63, 3.8) is 0 Å². The van der Waals surface area contributed by atoms with Crippen molar-refractivity contribution >= 4 is 14.0 Å². The fraction of sp³-hybridized carbons (Fsp3) is 0.455. The number of carbonyl (C=O) groups is 1. The number of aromatic nitrogens is 1. The molecule has 1 rings (SSSR count). The van der Waals surface area contributed by atoms with Gasteiger partial charge in [-0.25, -0.2) is 4.98 Å². The molecule has 5 heteroatoms. The molecule has 0 atom stereocenters. The highest BCUT2D eigenvalue weighted by Gasteiger charge is 2.12. The lowest BCUT2D eigenvalue weighted by atomic mass is 10.3. The monoisotopic (exact) mass is 238 g/mol. The molecule has 0 saturated carbocycles. The van der Waals surface area contributed by atoms with E-state index in [1.165, 1.54) is 6.20 Å². The Kier molecular flexibility index (Phi) is 4.06. The van der Waals surface area contributed by atoms with Crippen molar-refractivity contribution in [1.82, 2.24) is 4.98 Å². The smallest absolute Gasteiger partial charge is 0.250 e. The summed E-state index contributed by atoms with van der Waals surface area (Å²) in [5.41, 5.74) is 5.51. The summed E-state index contributed by atoms with van der Waals surface area (Å²) in [6.45, 7) is 7.55. The lowest BCUT2D eigenvalue weighted by Gasteiger charge is -2.15. The molecule has 2 N–H and O–H groups in total. The Balaban J connectivity index is 2.47. The van der Waals surface area contributed by atoms with E-state index in [9.17, 15) is 4.79 Å². The van der Waals surface area contributed by atoms with Crippen LogP contribution in [0.25, 0.3) is 0 Å². The predicted octanol–water partition coefficient (Wildman–Crippen LogP) is 1.90. The second kappa shape index (κ2) is 5.11. The standard InChI is InChI=1S/C11H18N2O2Si/c1-16(2,3)7-6-15-10-5-4-9(8-13-10)11(12)14/h4-5,8H,6-7H2,1-3H3,(H2,12,14). The molecule has 0 unspecified atom stereocenters. The van der Waals surface area contributed by atoms with Crippen LogP contribution in [0.15, 0.2) is 18.3 Å². The molecule has 0 bridgehead atoms. The van der Waals surface area contributed by atoms with Crippen LogP contribution in [-0.4, -0.2) is 25.6 Å². The van der Waals surface area contributed by atoms with Crippen molar-refractivity contribution in [2.75, 3.05) is 6.61 Å². The van der Waals surface area contributed by atoms with Crippen LogP contribution in [0.4, 0.5) is 0 Å². The average molecular weight is 238 g/mol. The summed E-state index contributed by atoms with van der Waals surface area (Å²) in [6.07, 6.45) is 1.44. The minimum absolute atomic E-state index is 0.401. The van der Waals surface area contributed by atoms with Crippen molar-refractivity contribution in [1.29, 1.82) is 0 Å². The van der Waals surface area contributed by atoms with Gasteiger partial charge in [0.1, 0.15) is 0 Å². The molecule has 88 valence electrons. The van der Waals surface area contributed by atoms with Gasteiger partial charge in [-0.2, -0.15) is 0 Å². The highest BCUT2D eigenvalue weighted by molar-refractivity contribution is 6.76. The van der Waals surface area contributed by atoms with Gasteiger partial charge in [0.2, 0.25) is 11.8 Å². The van der Waals surface area contributed by atoms with Crippen molar-refractivity contribution in [2.24, 2.45) is 5.73 Å². The van der Waals surface area contributed by atoms with Gasteiger partial charge in [-0.1, -0.05) is 19.6 Å². The number of carbonyl (C=O) groups excluding carboxylic acids is 1. The maximum Gasteiger partial charge on any atom is 0.250 e. The second-order valence-electron chi connectivity index (χ2n) is 4.91. The third-order valence-corrected chi connectivity index (χ3v) is 3.83. The van der Waals surface area contributed by atoms with Gasteiger partial charge >= 0.3 is 0 Å². The van der Waals surface area contributed by atoms with Gasteiger partial charge in [0, 0.05) is 20.3 Å². The van der Waals surface area contributed by atoms with Crippen LogP contribution in [0, 0.1) is 0 Å². The molecular formula is C11H18N2O2Si. The second-order valence-corrected chi connectivity index (χ2v) is 10.5. The number of nitrogens with two attached hydrogens (primary N) is 1. The molecule has 0 aliphatic carbocycles. The predicted molar refractivity (Wildman–Crippen MR) is 66.4 cm³/mol. The summed E-state index contributed by atoms with van der Waals surface area (Å²) in [5.74, 6) is 0.0735. The number of rotatable bonds is 5. The summed E-state index contributed by atoms with van der Waals surface area (Å²) >= 11 is 0. The topological polar surface area (TPSA) is 65.2 Å². The molecule has 16 heavy (non-hydrogen) atoms. The van der Waals surface area contributed by atoms with Gasteiger partial charge in [-0.3, -0.25) is 4.79 Å². The van der Waals surface area contributed by atoms with Crippen LogP contribution in [0.2, 0.25) is 25.7 Å². The summed E-state index contributed by atoms with van der Waals surface area (Å²) < 4.78 is 5.49. The molecule has 0 aromatic carbocycles. The molecule has 0 aliphatic rings. The number of nitrogens with zero attached hydrogens (tertiary/aromatic N) is 1.